The van der Waals surface area contributed by atoms with E-state index in [0.29, 0.717) is 22.6 Å². The van der Waals surface area contributed by atoms with Crippen LogP contribution in [0.1, 0.15) is 55.0 Å². The maximum Gasteiger partial charge on any atom is 0.373 e. The number of carbonyl (C=O) groups is 3. The van der Waals surface area contributed by atoms with Crippen molar-refractivity contribution in [2.45, 2.75) is 39.7 Å². The van der Waals surface area contributed by atoms with Crippen LogP contribution in [0.15, 0.2) is 36.4 Å². The third-order valence-corrected chi connectivity index (χ3v) is 4.85. The molecule has 2 aromatic carbocycles. The molecule has 0 aromatic heterocycles. The van der Waals surface area contributed by atoms with Crippen LogP contribution in [0.2, 0.25) is 0 Å². The zero-order valence-corrected chi connectivity index (χ0v) is 19.4. The second kappa shape index (κ2) is 11.6. The molecule has 2 atom stereocenters. The Balaban J connectivity index is 0.00000129. The molecule has 1 aliphatic heterocycles. The van der Waals surface area contributed by atoms with E-state index in [1.165, 1.54) is 21.0 Å². The number of benzene rings is 2. The van der Waals surface area contributed by atoms with Crippen molar-refractivity contribution in [2.75, 3.05) is 7.11 Å². The van der Waals surface area contributed by atoms with Gasteiger partial charge in [-0.2, -0.15) is 9.59 Å². The number of hydrogen-bond donors (Lipinski definition) is 0. The van der Waals surface area contributed by atoms with Gasteiger partial charge in [0.15, 0.2) is 11.5 Å². The molecule has 1 heterocycles. The first kappa shape index (κ1) is 26.0. The van der Waals surface area contributed by atoms with Crippen LogP contribution in [0.25, 0.3) is 6.08 Å². The second-order valence-electron chi connectivity index (χ2n) is 7.27. The SMILES string of the molecule is C/C=C/c1cc(OC(C)=O)c2c(c1)[C@H](C(=O)OC)[C@@H](c1ccc(C)c(OC(C)=O)c1)O2.O=C=O. The first-order valence-electron chi connectivity index (χ1n) is 10.2. The highest BCUT2D eigenvalue weighted by Gasteiger charge is 2.43. The molecule has 2 aromatic rings. The molecule has 0 N–H and O–H groups in total. The summed E-state index contributed by atoms with van der Waals surface area (Å²) in [6, 6.07) is 8.74. The molecule has 0 unspecified atom stereocenters. The van der Waals surface area contributed by atoms with E-state index < -0.39 is 29.9 Å². The first-order valence-corrected chi connectivity index (χ1v) is 10.2. The molecule has 3 rings (SSSR count). The lowest BCUT2D eigenvalue weighted by Gasteiger charge is -2.19. The van der Waals surface area contributed by atoms with E-state index in [2.05, 4.69) is 0 Å². The van der Waals surface area contributed by atoms with Gasteiger partial charge in [0.2, 0.25) is 0 Å². The molecule has 9 nitrogen and oxygen atoms in total. The number of methoxy groups -OCH3 is 1. The average molecular weight is 468 g/mol. The van der Waals surface area contributed by atoms with Crippen molar-refractivity contribution in [1.29, 1.82) is 0 Å². The van der Waals surface area contributed by atoms with Crippen molar-refractivity contribution in [1.82, 2.24) is 0 Å². The topological polar surface area (TPSA) is 122 Å². The van der Waals surface area contributed by atoms with Crippen LogP contribution >= 0.6 is 0 Å². The van der Waals surface area contributed by atoms with E-state index in [1.807, 2.05) is 32.1 Å². The predicted octanol–water partition coefficient (Wildman–Crippen LogP) is 3.69. The lowest BCUT2D eigenvalue weighted by atomic mass is 9.89. The normalized spacial score (nSPS) is 15.8. The fourth-order valence-corrected chi connectivity index (χ4v) is 3.58. The fourth-order valence-electron chi connectivity index (χ4n) is 3.58. The van der Waals surface area contributed by atoms with E-state index in [4.69, 9.17) is 28.5 Å². The minimum absolute atomic E-state index is 0.224. The van der Waals surface area contributed by atoms with Crippen LogP contribution in [-0.2, 0) is 28.7 Å². The number of carbonyl (C=O) groups excluding carboxylic acids is 5. The smallest absolute Gasteiger partial charge is 0.373 e. The summed E-state index contributed by atoms with van der Waals surface area (Å²) in [5, 5.41) is 0. The van der Waals surface area contributed by atoms with Crippen LogP contribution in [0, 0.1) is 6.92 Å². The minimum Gasteiger partial charge on any atom is -0.480 e. The Morgan fingerprint density at radius 1 is 1.00 bits per heavy atom. The highest BCUT2D eigenvalue weighted by molar-refractivity contribution is 5.84. The molecule has 0 radical (unpaired) electrons. The summed E-state index contributed by atoms with van der Waals surface area (Å²) in [6.45, 7) is 6.29. The van der Waals surface area contributed by atoms with Crippen LogP contribution in [-0.4, -0.2) is 31.2 Å². The summed E-state index contributed by atoms with van der Waals surface area (Å²) in [6.07, 6.45) is 3.16. The van der Waals surface area contributed by atoms with Crippen molar-refractivity contribution in [3.05, 3.63) is 58.7 Å². The Hall–Kier alpha value is -4.23. The lowest BCUT2D eigenvalue weighted by molar-refractivity contribution is -0.191. The maximum atomic E-state index is 12.8. The third kappa shape index (κ3) is 5.96. The van der Waals surface area contributed by atoms with Crippen LogP contribution < -0.4 is 14.2 Å². The van der Waals surface area contributed by atoms with E-state index in [-0.39, 0.29) is 11.9 Å². The molecule has 0 amide bonds. The molecule has 34 heavy (non-hydrogen) atoms. The van der Waals surface area contributed by atoms with Gasteiger partial charge in [0.1, 0.15) is 17.8 Å². The van der Waals surface area contributed by atoms with E-state index in [1.54, 1.807) is 24.3 Å². The summed E-state index contributed by atoms with van der Waals surface area (Å²) in [4.78, 5) is 52.1. The number of hydrogen-bond acceptors (Lipinski definition) is 9. The molecule has 0 saturated heterocycles. The van der Waals surface area contributed by atoms with Gasteiger partial charge in [-0.05, 0) is 48.7 Å². The van der Waals surface area contributed by atoms with Gasteiger partial charge in [0, 0.05) is 19.4 Å². The molecule has 0 spiro atoms. The Morgan fingerprint density at radius 2 is 1.62 bits per heavy atom. The predicted molar refractivity (Wildman–Crippen MR) is 118 cm³/mol. The molecular formula is C25H24O9. The van der Waals surface area contributed by atoms with Crippen LogP contribution in [0.4, 0.5) is 0 Å². The van der Waals surface area contributed by atoms with Crippen LogP contribution in [0.5, 0.6) is 17.2 Å². The van der Waals surface area contributed by atoms with Gasteiger partial charge in [0.05, 0.1) is 7.11 Å². The first-order chi connectivity index (χ1) is 16.2. The van der Waals surface area contributed by atoms with Gasteiger partial charge in [-0.25, -0.2) is 0 Å². The summed E-state index contributed by atoms with van der Waals surface area (Å²) < 4.78 is 21.9. The number of fused-ring (bicyclic) bond motifs is 1. The Bertz CT molecular complexity index is 1160. The maximum absolute atomic E-state index is 12.8. The van der Waals surface area contributed by atoms with Crippen molar-refractivity contribution in [3.63, 3.8) is 0 Å². The van der Waals surface area contributed by atoms with Gasteiger partial charge in [-0.3, -0.25) is 14.4 Å². The molecule has 0 bridgehead atoms. The van der Waals surface area contributed by atoms with E-state index in [9.17, 15) is 14.4 Å². The molecule has 0 saturated carbocycles. The second-order valence-corrected chi connectivity index (χ2v) is 7.27. The molecule has 0 fully saturated rings. The summed E-state index contributed by atoms with van der Waals surface area (Å²) in [7, 11) is 1.31. The minimum atomic E-state index is -0.799. The Kier molecular flexibility index (Phi) is 8.86. The zero-order valence-electron chi connectivity index (χ0n) is 19.4. The lowest BCUT2D eigenvalue weighted by Crippen LogP contribution is -2.20. The van der Waals surface area contributed by atoms with Crippen LogP contribution in [0.3, 0.4) is 0 Å². The quantitative estimate of drug-likeness (QED) is 0.477. The summed E-state index contributed by atoms with van der Waals surface area (Å²) in [5.74, 6) is -1.34. The summed E-state index contributed by atoms with van der Waals surface area (Å²) in [5.41, 5.74) is 2.69. The largest absolute Gasteiger partial charge is 0.480 e. The van der Waals surface area contributed by atoms with Crippen molar-refractivity contribution in [2.24, 2.45) is 0 Å². The van der Waals surface area contributed by atoms with Gasteiger partial charge in [-0.15, -0.1) is 0 Å². The standard InChI is InChI=1S/C24H24O7.CO2/c1-6-7-16-10-18-21(24(27)28-5)22(31-23(18)20(11-16)30-15(4)26)17-9-8-13(2)19(12-17)29-14(3)25;2-1-3/h6-12,21-22H,1-5H3;/b7-6+;/t21-,22+;/m0./s1. The highest BCUT2D eigenvalue weighted by Crippen LogP contribution is 2.52. The number of allylic oxidation sites excluding steroid dienone is 1. The highest BCUT2D eigenvalue weighted by atomic mass is 16.6. The molecular weight excluding hydrogens is 444 g/mol. The Morgan fingerprint density at radius 3 is 2.18 bits per heavy atom. The molecule has 0 aliphatic carbocycles. The average Bonchev–Trinajstić information content (AvgIpc) is 3.14. The number of ether oxygens (including phenoxy) is 4. The number of aryl methyl sites for hydroxylation is 1. The molecule has 1 aliphatic rings. The summed E-state index contributed by atoms with van der Waals surface area (Å²) >= 11 is 0. The Labute approximate surface area is 196 Å². The van der Waals surface area contributed by atoms with Crippen molar-refractivity contribution < 1.29 is 42.9 Å². The fraction of sp³-hybridized carbons (Fsp3) is 0.280. The van der Waals surface area contributed by atoms with Gasteiger partial charge in [0.25, 0.3) is 0 Å². The number of esters is 3. The van der Waals surface area contributed by atoms with E-state index in [0.717, 1.165) is 11.1 Å². The van der Waals surface area contributed by atoms with Gasteiger partial charge < -0.3 is 18.9 Å². The van der Waals surface area contributed by atoms with Gasteiger partial charge >= 0.3 is 24.1 Å². The third-order valence-electron chi connectivity index (χ3n) is 4.85. The molecule has 178 valence electrons. The molecule has 9 heteroatoms. The van der Waals surface area contributed by atoms with Crippen molar-refractivity contribution in [3.8, 4) is 17.2 Å². The zero-order chi connectivity index (χ0) is 25.4. The monoisotopic (exact) mass is 468 g/mol. The van der Waals surface area contributed by atoms with Gasteiger partial charge in [-0.1, -0.05) is 24.3 Å². The number of rotatable bonds is 5. The van der Waals surface area contributed by atoms with Crippen molar-refractivity contribution >= 4 is 30.1 Å². The van der Waals surface area contributed by atoms with E-state index >= 15 is 0 Å².